The van der Waals surface area contributed by atoms with Crippen molar-refractivity contribution in [2.45, 2.75) is 19.3 Å². The molecule has 5 heteroatoms. The number of fused-ring (bicyclic) bond motifs is 1. The van der Waals surface area contributed by atoms with Gasteiger partial charge in [-0.25, -0.2) is 0 Å². The van der Waals surface area contributed by atoms with Crippen LogP contribution in [-0.4, -0.2) is 29.8 Å². The molecule has 31 heavy (non-hydrogen) atoms. The Bertz CT molecular complexity index is 1190. The summed E-state index contributed by atoms with van der Waals surface area (Å²) in [6.07, 6.45) is 3.23. The zero-order chi connectivity index (χ0) is 21.6. The van der Waals surface area contributed by atoms with Crippen LogP contribution in [0.1, 0.15) is 17.5 Å². The van der Waals surface area contributed by atoms with Gasteiger partial charge in [0.25, 0.3) is 0 Å². The van der Waals surface area contributed by atoms with Crippen LogP contribution in [0.15, 0.2) is 72.9 Å². The lowest BCUT2D eigenvalue weighted by molar-refractivity contribution is -0.136. The highest BCUT2D eigenvalue weighted by Crippen LogP contribution is 2.33. The van der Waals surface area contributed by atoms with Crippen LogP contribution in [0.4, 0.5) is 0 Å². The Morgan fingerprint density at radius 3 is 2.68 bits per heavy atom. The SMILES string of the molecule is COc1ccccc1CCOc1ccc(CCC(=O)O)cc1-c1ccc2[nH]ccc2c1. The molecule has 0 bridgehead atoms. The summed E-state index contributed by atoms with van der Waals surface area (Å²) in [5, 5.41) is 10.2. The summed E-state index contributed by atoms with van der Waals surface area (Å²) in [7, 11) is 1.67. The number of aryl methyl sites for hydroxylation is 1. The molecule has 1 aromatic heterocycles. The number of hydrogen-bond donors (Lipinski definition) is 2. The average molecular weight is 415 g/mol. The number of carboxylic acid groups (broad SMARTS) is 1. The molecule has 4 rings (SSSR count). The van der Waals surface area contributed by atoms with Gasteiger partial charge in [0, 0.05) is 30.1 Å². The number of H-pyrrole nitrogens is 1. The summed E-state index contributed by atoms with van der Waals surface area (Å²) in [5.74, 6) is 0.838. The number of methoxy groups -OCH3 is 1. The second-order valence-electron chi connectivity index (χ2n) is 7.41. The first-order chi connectivity index (χ1) is 15.1. The van der Waals surface area contributed by atoms with Gasteiger partial charge in [-0.3, -0.25) is 4.79 Å². The fraction of sp³-hybridized carbons (Fsp3) is 0.192. The number of ether oxygens (including phenoxy) is 2. The van der Waals surface area contributed by atoms with Gasteiger partial charge in [0.1, 0.15) is 11.5 Å². The predicted octanol–water partition coefficient (Wildman–Crippen LogP) is 5.48. The van der Waals surface area contributed by atoms with E-state index in [1.54, 1.807) is 7.11 Å². The van der Waals surface area contributed by atoms with Crippen molar-refractivity contribution >= 4 is 16.9 Å². The van der Waals surface area contributed by atoms with Gasteiger partial charge in [-0.2, -0.15) is 0 Å². The highest BCUT2D eigenvalue weighted by atomic mass is 16.5. The van der Waals surface area contributed by atoms with Gasteiger partial charge in [-0.05, 0) is 64.9 Å². The third-order valence-corrected chi connectivity index (χ3v) is 5.36. The molecule has 0 radical (unpaired) electrons. The van der Waals surface area contributed by atoms with Crippen LogP contribution in [-0.2, 0) is 17.6 Å². The molecule has 0 unspecified atom stereocenters. The average Bonchev–Trinajstić information content (AvgIpc) is 3.26. The third-order valence-electron chi connectivity index (χ3n) is 5.36. The second-order valence-corrected chi connectivity index (χ2v) is 7.41. The maximum absolute atomic E-state index is 11.0. The standard InChI is InChI=1S/C26H25NO4/c1-30-24-5-3-2-4-19(24)13-15-31-25-10-6-18(7-11-26(28)29)16-22(25)20-8-9-23-21(17-20)12-14-27-23/h2-6,8-10,12,14,16-17,27H,7,11,13,15H2,1H3,(H,28,29). The monoisotopic (exact) mass is 415 g/mol. The summed E-state index contributed by atoms with van der Waals surface area (Å²) >= 11 is 0. The smallest absolute Gasteiger partial charge is 0.303 e. The Labute approximate surface area is 181 Å². The molecule has 0 aliphatic carbocycles. The molecule has 4 aromatic rings. The lowest BCUT2D eigenvalue weighted by Gasteiger charge is -2.15. The summed E-state index contributed by atoms with van der Waals surface area (Å²) in [4.78, 5) is 14.2. The molecule has 1 heterocycles. The Morgan fingerprint density at radius 1 is 0.968 bits per heavy atom. The van der Waals surface area contributed by atoms with E-state index in [0.29, 0.717) is 13.0 Å². The van der Waals surface area contributed by atoms with Crippen molar-refractivity contribution in [3.63, 3.8) is 0 Å². The molecule has 3 aromatic carbocycles. The number of benzene rings is 3. The lowest BCUT2D eigenvalue weighted by Crippen LogP contribution is -2.04. The van der Waals surface area contributed by atoms with Crippen LogP contribution < -0.4 is 9.47 Å². The van der Waals surface area contributed by atoms with Crippen LogP contribution in [0.25, 0.3) is 22.0 Å². The summed E-state index contributed by atoms with van der Waals surface area (Å²) in [6.45, 7) is 0.508. The predicted molar refractivity (Wildman–Crippen MR) is 122 cm³/mol. The first kappa shape index (κ1) is 20.5. The number of nitrogens with one attached hydrogen (secondary N) is 1. The van der Waals surface area contributed by atoms with Crippen molar-refractivity contribution < 1.29 is 19.4 Å². The first-order valence-electron chi connectivity index (χ1n) is 10.3. The molecule has 0 aliphatic heterocycles. The molecule has 0 saturated carbocycles. The van der Waals surface area contributed by atoms with Gasteiger partial charge >= 0.3 is 5.97 Å². The van der Waals surface area contributed by atoms with Gasteiger partial charge in [0.05, 0.1) is 13.7 Å². The maximum Gasteiger partial charge on any atom is 0.303 e. The highest BCUT2D eigenvalue weighted by molar-refractivity contribution is 5.86. The molecule has 0 spiro atoms. The maximum atomic E-state index is 11.0. The van der Waals surface area contributed by atoms with E-state index in [9.17, 15) is 4.79 Å². The first-order valence-corrected chi connectivity index (χ1v) is 10.3. The van der Waals surface area contributed by atoms with Crippen molar-refractivity contribution in [3.05, 3.63) is 84.1 Å². The fourth-order valence-electron chi connectivity index (χ4n) is 3.74. The second kappa shape index (κ2) is 9.39. The Morgan fingerprint density at radius 2 is 1.84 bits per heavy atom. The Hall–Kier alpha value is -3.73. The van der Waals surface area contributed by atoms with E-state index in [1.807, 2.05) is 60.8 Å². The number of para-hydroxylation sites is 1. The zero-order valence-electron chi connectivity index (χ0n) is 17.4. The topological polar surface area (TPSA) is 71.6 Å². The Kier molecular flexibility index (Phi) is 6.22. The third kappa shape index (κ3) is 4.89. The summed E-state index contributed by atoms with van der Waals surface area (Å²) in [6, 6.07) is 22.1. The van der Waals surface area contributed by atoms with Crippen LogP contribution in [0.3, 0.4) is 0 Å². The molecule has 0 saturated heterocycles. The van der Waals surface area contributed by atoms with E-state index >= 15 is 0 Å². The van der Waals surface area contributed by atoms with Gasteiger partial charge in [0.2, 0.25) is 0 Å². The number of hydrogen-bond acceptors (Lipinski definition) is 3. The number of aliphatic carboxylic acids is 1. The number of aromatic amines is 1. The van der Waals surface area contributed by atoms with Crippen molar-refractivity contribution in [1.29, 1.82) is 0 Å². The van der Waals surface area contributed by atoms with E-state index in [0.717, 1.165) is 51.1 Å². The van der Waals surface area contributed by atoms with Crippen LogP contribution in [0.2, 0.25) is 0 Å². The van der Waals surface area contributed by atoms with E-state index in [4.69, 9.17) is 14.6 Å². The van der Waals surface area contributed by atoms with Crippen LogP contribution in [0, 0.1) is 0 Å². The van der Waals surface area contributed by atoms with Crippen LogP contribution in [0.5, 0.6) is 11.5 Å². The highest BCUT2D eigenvalue weighted by Gasteiger charge is 2.11. The fourth-order valence-corrected chi connectivity index (χ4v) is 3.74. The number of carboxylic acids is 1. The molecule has 5 nitrogen and oxygen atoms in total. The summed E-state index contributed by atoms with van der Waals surface area (Å²) < 4.78 is 11.6. The molecule has 0 aliphatic rings. The zero-order valence-corrected chi connectivity index (χ0v) is 17.4. The molecular weight excluding hydrogens is 390 g/mol. The Balaban J connectivity index is 1.60. The quantitative estimate of drug-likeness (QED) is 0.380. The molecule has 0 amide bonds. The number of rotatable bonds is 9. The van der Waals surface area contributed by atoms with E-state index in [2.05, 4.69) is 17.1 Å². The largest absolute Gasteiger partial charge is 0.496 e. The summed E-state index contributed by atoms with van der Waals surface area (Å²) in [5.41, 5.74) is 5.15. The normalized spacial score (nSPS) is 10.9. The minimum atomic E-state index is -0.799. The van der Waals surface area contributed by atoms with Gasteiger partial charge < -0.3 is 19.6 Å². The van der Waals surface area contributed by atoms with Gasteiger partial charge in [0.15, 0.2) is 0 Å². The molecule has 158 valence electrons. The molecular formula is C26H25NO4. The van der Waals surface area contributed by atoms with E-state index in [-0.39, 0.29) is 6.42 Å². The van der Waals surface area contributed by atoms with Gasteiger partial charge in [-0.1, -0.05) is 30.3 Å². The molecule has 2 N–H and O–H groups in total. The number of aromatic nitrogens is 1. The molecule has 0 atom stereocenters. The van der Waals surface area contributed by atoms with Crippen molar-refractivity contribution in [2.24, 2.45) is 0 Å². The van der Waals surface area contributed by atoms with Gasteiger partial charge in [-0.15, -0.1) is 0 Å². The minimum absolute atomic E-state index is 0.101. The lowest BCUT2D eigenvalue weighted by atomic mass is 9.99. The van der Waals surface area contributed by atoms with Crippen LogP contribution >= 0.6 is 0 Å². The van der Waals surface area contributed by atoms with Crippen molar-refractivity contribution in [2.75, 3.05) is 13.7 Å². The van der Waals surface area contributed by atoms with E-state index in [1.165, 1.54) is 0 Å². The van der Waals surface area contributed by atoms with E-state index < -0.39 is 5.97 Å². The van der Waals surface area contributed by atoms with Crippen molar-refractivity contribution in [3.8, 4) is 22.6 Å². The minimum Gasteiger partial charge on any atom is -0.496 e. The number of carbonyl (C=O) groups is 1. The van der Waals surface area contributed by atoms with Crippen molar-refractivity contribution in [1.82, 2.24) is 4.98 Å². The molecule has 0 fully saturated rings.